The quantitative estimate of drug-likeness (QED) is 0.0211. The van der Waals surface area contributed by atoms with E-state index in [-0.39, 0.29) is 101 Å². The minimum absolute atomic E-state index is 0.00206. The van der Waals surface area contributed by atoms with Crippen molar-refractivity contribution in [3.63, 3.8) is 0 Å². The summed E-state index contributed by atoms with van der Waals surface area (Å²) in [6, 6.07) is 12.4. The second-order valence-electron chi connectivity index (χ2n) is 21.6. The predicted molar refractivity (Wildman–Crippen MR) is 342 cm³/mol. The van der Waals surface area contributed by atoms with E-state index >= 15 is 0 Å². The van der Waals surface area contributed by atoms with Crippen molar-refractivity contribution in [2.75, 3.05) is 56.9 Å². The van der Waals surface area contributed by atoms with Gasteiger partial charge in [-0.15, -0.1) is 0 Å². The van der Waals surface area contributed by atoms with Crippen molar-refractivity contribution in [1.82, 2.24) is 62.1 Å². The molecule has 9 aromatic rings. The van der Waals surface area contributed by atoms with Crippen LogP contribution in [0.15, 0.2) is 116 Å². The number of aromatic carboxylic acids is 1. The van der Waals surface area contributed by atoms with Crippen LogP contribution in [0.5, 0.6) is 0 Å². The number of hydrogen-bond donors (Lipinski definition) is 11. The average molecular weight is 1290 g/mol. The van der Waals surface area contributed by atoms with E-state index < -0.39 is 65.2 Å². The molecule has 34 nitrogen and oxygen atoms in total. The highest BCUT2D eigenvalue weighted by molar-refractivity contribution is 6.10. The highest BCUT2D eigenvalue weighted by Crippen LogP contribution is 2.23. The number of anilines is 7. The number of nitrogens with zero attached hydrogens (tertiary/aromatic N) is 12. The molecule has 0 radical (unpaired) electrons. The number of nitrogens with one attached hydrogen (secondary N) is 9. The van der Waals surface area contributed by atoms with Gasteiger partial charge in [-0.05, 0) is 54.4 Å². The molecule has 0 saturated carbocycles. The first kappa shape index (κ1) is 65.8. The maximum Gasteiger partial charge on any atom is 0.335 e. The van der Waals surface area contributed by atoms with E-state index in [1.54, 1.807) is 96.2 Å². The molecule has 12 N–H and O–H groups in total. The Hall–Kier alpha value is -12.6. The van der Waals surface area contributed by atoms with E-state index in [1.165, 1.54) is 113 Å². The maximum absolute atomic E-state index is 13.5. The average Bonchev–Trinajstić information content (AvgIpc) is 1.70. The lowest BCUT2D eigenvalue weighted by atomic mass is 10.1. The van der Waals surface area contributed by atoms with Gasteiger partial charge >= 0.3 is 5.97 Å². The molecular weight excluding hydrogens is 1220 g/mol. The smallest absolute Gasteiger partial charge is 0.335 e. The van der Waals surface area contributed by atoms with E-state index in [9.17, 15) is 47.9 Å². The SMILES string of the molecule is Cn1cc(NC(=O)c2cc(NC(=O)c3nc(NC(=O)c4cc(NC(=O)[C@H](N)CCNC(=O)c5nc(NC(=O)c6cc(NC(=O)c7cc(NC(=O)c8nccn8C)cn7C)cn6C)cn5C)cn4C)cn3C)cn2C)cc1C(=O)NCCCO/N=C\c1cccc(C(=O)O)c1. The fourth-order valence-corrected chi connectivity index (χ4v) is 9.60. The van der Waals surface area contributed by atoms with Crippen LogP contribution in [0.4, 0.5) is 40.1 Å². The summed E-state index contributed by atoms with van der Waals surface area (Å²) in [5, 5.41) is 37.4. The summed E-state index contributed by atoms with van der Waals surface area (Å²) in [4.78, 5) is 148. The normalized spacial score (nSPS) is 11.4. The zero-order chi connectivity index (χ0) is 67.7. The molecule has 34 heteroatoms. The van der Waals surface area contributed by atoms with Gasteiger partial charge in [0.05, 0.1) is 46.3 Å². The molecule has 0 unspecified atom stereocenters. The van der Waals surface area contributed by atoms with E-state index in [1.807, 2.05) is 0 Å². The van der Waals surface area contributed by atoms with Crippen molar-refractivity contribution < 1.29 is 57.9 Å². The third kappa shape index (κ3) is 15.9. The summed E-state index contributed by atoms with van der Waals surface area (Å²) in [6.07, 6.45) is 15.5. The Bertz CT molecular complexity index is 4460. The third-order valence-electron chi connectivity index (χ3n) is 14.3. The summed E-state index contributed by atoms with van der Waals surface area (Å²) in [7, 11) is 12.9. The van der Waals surface area contributed by atoms with Crippen LogP contribution in [-0.2, 0) is 66.0 Å². The molecule has 8 heterocycles. The number of carbonyl (C=O) groups is 10. The van der Waals surface area contributed by atoms with Crippen molar-refractivity contribution in [3.05, 3.63) is 167 Å². The number of amides is 9. The van der Waals surface area contributed by atoms with Crippen molar-refractivity contribution >= 4 is 105 Å². The molecule has 94 heavy (non-hydrogen) atoms. The highest BCUT2D eigenvalue weighted by Gasteiger charge is 2.25. The fourth-order valence-electron chi connectivity index (χ4n) is 9.60. The number of aromatic nitrogens is 11. The number of rotatable bonds is 26. The van der Waals surface area contributed by atoms with Gasteiger partial charge in [0.15, 0.2) is 17.5 Å². The molecule has 488 valence electrons. The first-order chi connectivity index (χ1) is 44.8. The molecule has 9 amide bonds. The Morgan fingerprint density at radius 3 is 1.39 bits per heavy atom. The van der Waals surface area contributed by atoms with E-state index in [4.69, 9.17) is 15.7 Å². The molecular formula is C60H66N22O12. The van der Waals surface area contributed by atoms with Crippen LogP contribution in [0.2, 0.25) is 0 Å². The van der Waals surface area contributed by atoms with Crippen LogP contribution in [0, 0.1) is 0 Å². The first-order valence-corrected chi connectivity index (χ1v) is 28.6. The Morgan fingerprint density at radius 1 is 0.500 bits per heavy atom. The van der Waals surface area contributed by atoms with Gasteiger partial charge in [0.1, 0.15) is 35.1 Å². The van der Waals surface area contributed by atoms with Crippen molar-refractivity contribution in [3.8, 4) is 0 Å². The van der Waals surface area contributed by atoms with Crippen LogP contribution >= 0.6 is 0 Å². The number of imidazole rings is 3. The number of benzene rings is 1. The van der Waals surface area contributed by atoms with Gasteiger partial charge in [0.25, 0.3) is 47.3 Å². The molecule has 1 atom stereocenters. The fraction of sp³-hybridized carbons (Fsp3) is 0.233. The van der Waals surface area contributed by atoms with Crippen LogP contribution in [0.25, 0.3) is 0 Å². The Labute approximate surface area is 534 Å². The minimum atomic E-state index is -1.11. The van der Waals surface area contributed by atoms with Gasteiger partial charge in [0, 0.05) is 132 Å². The number of oxime groups is 1. The summed E-state index contributed by atoms with van der Waals surface area (Å²) >= 11 is 0. The van der Waals surface area contributed by atoms with Gasteiger partial charge in [-0.1, -0.05) is 17.3 Å². The van der Waals surface area contributed by atoms with E-state index in [0.717, 1.165) is 0 Å². The second kappa shape index (κ2) is 28.5. The predicted octanol–water partition coefficient (Wildman–Crippen LogP) is 3.05. The molecule has 0 spiro atoms. The number of hydrogen-bond acceptors (Lipinski definition) is 16. The van der Waals surface area contributed by atoms with Crippen molar-refractivity contribution in [2.45, 2.75) is 18.9 Å². The lowest BCUT2D eigenvalue weighted by Gasteiger charge is -2.12. The van der Waals surface area contributed by atoms with Gasteiger partial charge < -0.3 is 100 Å². The molecule has 1 aromatic carbocycles. The molecule has 0 aliphatic heterocycles. The Balaban J connectivity index is 0.689. The zero-order valence-electron chi connectivity index (χ0n) is 52.0. The van der Waals surface area contributed by atoms with E-state index in [0.29, 0.717) is 29.0 Å². The molecule has 0 fully saturated rings. The molecule has 8 aromatic heterocycles. The molecule has 0 aliphatic rings. The van der Waals surface area contributed by atoms with Crippen molar-refractivity contribution in [1.29, 1.82) is 0 Å². The van der Waals surface area contributed by atoms with Gasteiger partial charge in [-0.2, -0.15) is 0 Å². The van der Waals surface area contributed by atoms with Crippen LogP contribution < -0.4 is 53.6 Å². The topological polar surface area (TPSA) is 425 Å². The first-order valence-electron chi connectivity index (χ1n) is 28.6. The van der Waals surface area contributed by atoms with Gasteiger partial charge in [-0.3, -0.25) is 43.2 Å². The molecule has 0 aliphatic carbocycles. The van der Waals surface area contributed by atoms with Crippen LogP contribution in [0.1, 0.15) is 113 Å². The van der Waals surface area contributed by atoms with Gasteiger partial charge in [-0.25, -0.2) is 19.7 Å². The third-order valence-corrected chi connectivity index (χ3v) is 14.3. The molecule has 0 bridgehead atoms. The summed E-state index contributed by atoms with van der Waals surface area (Å²) < 4.78 is 11.9. The molecule has 9 rings (SSSR count). The number of carbonyl (C=O) groups excluding carboxylic acids is 9. The maximum atomic E-state index is 13.5. The van der Waals surface area contributed by atoms with Crippen LogP contribution in [-0.4, -0.2) is 148 Å². The lowest BCUT2D eigenvalue weighted by molar-refractivity contribution is -0.117. The van der Waals surface area contributed by atoms with E-state index in [2.05, 4.69) is 68.0 Å². The largest absolute Gasteiger partial charge is 0.478 e. The van der Waals surface area contributed by atoms with Gasteiger partial charge in [0.2, 0.25) is 17.6 Å². The summed E-state index contributed by atoms with van der Waals surface area (Å²) in [5.41, 5.74) is 9.30. The number of carboxylic acid groups (broad SMARTS) is 1. The highest BCUT2D eigenvalue weighted by atomic mass is 16.6. The summed E-state index contributed by atoms with van der Waals surface area (Å²) in [5.74, 6) is -5.94. The standard InChI is InChI=1S/C60H66N22O12/c1-75-17-16-62-48(75)58(90)69-38-23-42(77(3)29-38)54(86)68-37-22-45(80(6)28-37)56(88)73-46-31-81(7)49(71-46)57(89)64-15-13-40(61)51(83)66-35-21-44(79(5)26-35)55(87)74-47-32-82(8)50(72-47)59(91)70-39-24-43(78(4)30-39)53(85)67-36-20-41(76(2)27-36)52(84)63-14-10-18-94-65-25-33-11-9-12-34(19-33)60(92)93/h9,11-12,16-17,19-32,40H,10,13-15,18,61H2,1-8H3,(H,63,84)(H,64,89)(H,66,83)(H,67,85)(H,68,86)(H,69,90)(H,70,91)(H,73,88)(H,74,87)(H,92,93)/b65-25-/t40-/m1/s1. The van der Waals surface area contributed by atoms with Crippen LogP contribution in [0.3, 0.4) is 0 Å². The summed E-state index contributed by atoms with van der Waals surface area (Å²) in [6.45, 7) is 0.392. The van der Waals surface area contributed by atoms with Crippen molar-refractivity contribution in [2.24, 2.45) is 67.3 Å². The zero-order valence-corrected chi connectivity index (χ0v) is 52.0. The lowest BCUT2D eigenvalue weighted by Crippen LogP contribution is -2.39. The number of carboxylic acids is 1. The monoisotopic (exact) mass is 1290 g/mol. The Morgan fingerprint density at radius 2 is 0.926 bits per heavy atom. The number of aryl methyl sites for hydroxylation is 8. The Kier molecular flexibility index (Phi) is 19.9. The number of nitrogens with two attached hydrogens (primary N) is 1. The second-order valence-corrected chi connectivity index (χ2v) is 21.6. The minimum Gasteiger partial charge on any atom is -0.478 e. The molecule has 0 saturated heterocycles.